The van der Waals surface area contributed by atoms with Crippen LogP contribution in [0.4, 0.5) is 10.5 Å². The van der Waals surface area contributed by atoms with Gasteiger partial charge in [-0.15, -0.1) is 0 Å². The fourth-order valence-corrected chi connectivity index (χ4v) is 3.67. The van der Waals surface area contributed by atoms with Gasteiger partial charge in [-0.1, -0.05) is 12.1 Å². The number of amides is 3. The van der Waals surface area contributed by atoms with Crippen LogP contribution in [0.25, 0.3) is 6.08 Å². The molecule has 9 nitrogen and oxygen atoms in total. The highest BCUT2D eigenvalue weighted by molar-refractivity contribution is 8.18. The summed E-state index contributed by atoms with van der Waals surface area (Å²) in [6.07, 6.45) is 1.48. The summed E-state index contributed by atoms with van der Waals surface area (Å²) in [5, 5.41) is 11.0. The number of fused-ring (bicyclic) bond motifs is 1. The van der Waals surface area contributed by atoms with Gasteiger partial charge < -0.3 is 19.9 Å². The molecule has 2 aliphatic rings. The first-order valence-corrected chi connectivity index (χ1v) is 9.50. The van der Waals surface area contributed by atoms with Crippen molar-refractivity contribution in [2.75, 3.05) is 18.7 Å². The lowest BCUT2D eigenvalue weighted by molar-refractivity contribution is -0.127. The number of carbonyl (C=O) groups excluding carboxylic acids is 3. The van der Waals surface area contributed by atoms with Crippen LogP contribution in [0, 0.1) is 0 Å². The van der Waals surface area contributed by atoms with Crippen molar-refractivity contribution in [3.8, 4) is 11.5 Å². The second-order valence-corrected chi connectivity index (χ2v) is 7.30. The summed E-state index contributed by atoms with van der Waals surface area (Å²) in [4.78, 5) is 49.0. The van der Waals surface area contributed by atoms with E-state index in [4.69, 9.17) is 14.6 Å². The molecule has 2 aromatic carbocycles. The number of benzene rings is 2. The Kier molecular flexibility index (Phi) is 5.15. The van der Waals surface area contributed by atoms with E-state index in [9.17, 15) is 19.2 Å². The molecule has 30 heavy (non-hydrogen) atoms. The summed E-state index contributed by atoms with van der Waals surface area (Å²) in [6, 6.07) is 10.7. The molecular weight excluding hydrogens is 412 g/mol. The Morgan fingerprint density at radius 2 is 1.83 bits per heavy atom. The molecule has 1 fully saturated rings. The van der Waals surface area contributed by atoms with Crippen molar-refractivity contribution in [2.24, 2.45) is 0 Å². The number of ether oxygens (including phenoxy) is 2. The van der Waals surface area contributed by atoms with Crippen LogP contribution in [-0.4, -0.2) is 46.4 Å². The van der Waals surface area contributed by atoms with Crippen LogP contribution in [0.5, 0.6) is 11.5 Å². The lowest BCUT2D eigenvalue weighted by Crippen LogP contribution is -2.36. The zero-order valence-corrected chi connectivity index (χ0v) is 16.1. The highest BCUT2D eigenvalue weighted by Gasteiger charge is 2.36. The van der Waals surface area contributed by atoms with Crippen molar-refractivity contribution in [1.29, 1.82) is 0 Å². The Morgan fingerprint density at radius 3 is 2.57 bits per heavy atom. The second-order valence-electron chi connectivity index (χ2n) is 6.31. The smallest absolute Gasteiger partial charge is 0.335 e. The first-order chi connectivity index (χ1) is 14.4. The van der Waals surface area contributed by atoms with Crippen molar-refractivity contribution in [1.82, 2.24) is 4.90 Å². The number of nitrogens with one attached hydrogen (secondary N) is 1. The topological polar surface area (TPSA) is 122 Å². The van der Waals surface area contributed by atoms with Crippen LogP contribution >= 0.6 is 11.8 Å². The van der Waals surface area contributed by atoms with Gasteiger partial charge in [-0.3, -0.25) is 19.3 Å². The van der Waals surface area contributed by atoms with Crippen LogP contribution in [0.15, 0.2) is 47.4 Å². The third-order valence-electron chi connectivity index (χ3n) is 4.29. The second kappa shape index (κ2) is 7.91. The first-order valence-electron chi connectivity index (χ1n) is 8.69. The molecule has 0 saturated carbocycles. The number of nitrogens with zero attached hydrogens (tertiary/aromatic N) is 1. The molecule has 0 atom stereocenters. The first kappa shape index (κ1) is 19.5. The molecule has 0 radical (unpaired) electrons. The lowest BCUT2D eigenvalue weighted by atomic mass is 10.1. The van der Waals surface area contributed by atoms with E-state index in [1.807, 2.05) is 0 Å². The largest absolute Gasteiger partial charge is 0.478 e. The summed E-state index contributed by atoms with van der Waals surface area (Å²) < 4.78 is 10.4. The molecule has 152 valence electrons. The highest BCUT2D eigenvalue weighted by atomic mass is 32.2. The maximum Gasteiger partial charge on any atom is 0.335 e. The predicted octanol–water partition coefficient (Wildman–Crippen LogP) is 2.79. The van der Waals surface area contributed by atoms with Gasteiger partial charge in [0.1, 0.15) is 6.54 Å². The van der Waals surface area contributed by atoms with E-state index in [1.54, 1.807) is 18.2 Å². The van der Waals surface area contributed by atoms with E-state index in [1.165, 1.54) is 30.3 Å². The number of carboxylic acids is 1. The van der Waals surface area contributed by atoms with Crippen molar-refractivity contribution in [2.45, 2.75) is 0 Å². The minimum Gasteiger partial charge on any atom is -0.478 e. The fourth-order valence-electron chi connectivity index (χ4n) is 2.83. The Morgan fingerprint density at radius 1 is 1.10 bits per heavy atom. The average Bonchev–Trinajstić information content (AvgIpc) is 3.28. The molecule has 10 heteroatoms. The molecule has 2 aliphatic heterocycles. The Hall–Kier alpha value is -3.79. The zero-order chi connectivity index (χ0) is 21.3. The molecule has 3 amide bonds. The van der Waals surface area contributed by atoms with Crippen molar-refractivity contribution < 1.29 is 33.8 Å². The summed E-state index contributed by atoms with van der Waals surface area (Å²) in [7, 11) is 0. The van der Waals surface area contributed by atoms with Gasteiger partial charge in [0, 0.05) is 11.8 Å². The Balaban J connectivity index is 1.42. The molecule has 0 bridgehead atoms. The van der Waals surface area contributed by atoms with Crippen LogP contribution in [0.1, 0.15) is 15.9 Å². The number of hydrogen-bond acceptors (Lipinski definition) is 7. The van der Waals surface area contributed by atoms with Crippen LogP contribution < -0.4 is 14.8 Å². The number of aromatic carboxylic acids is 1. The van der Waals surface area contributed by atoms with Crippen LogP contribution in [0.2, 0.25) is 0 Å². The van der Waals surface area contributed by atoms with E-state index in [2.05, 4.69) is 5.32 Å². The van der Waals surface area contributed by atoms with Gasteiger partial charge in [-0.25, -0.2) is 4.79 Å². The van der Waals surface area contributed by atoms with Gasteiger partial charge in [0.2, 0.25) is 12.7 Å². The molecule has 0 aromatic heterocycles. The molecule has 2 aromatic rings. The van der Waals surface area contributed by atoms with Crippen LogP contribution in [0.3, 0.4) is 0 Å². The third kappa shape index (κ3) is 3.98. The van der Waals surface area contributed by atoms with Gasteiger partial charge in [0.15, 0.2) is 11.5 Å². The Bertz CT molecular complexity index is 1090. The molecule has 0 aliphatic carbocycles. The van der Waals surface area contributed by atoms with Crippen molar-refractivity contribution >= 4 is 46.5 Å². The van der Waals surface area contributed by atoms with E-state index in [-0.39, 0.29) is 17.3 Å². The monoisotopic (exact) mass is 426 g/mol. The van der Waals surface area contributed by atoms with E-state index in [0.29, 0.717) is 22.7 Å². The highest BCUT2D eigenvalue weighted by Crippen LogP contribution is 2.35. The van der Waals surface area contributed by atoms with E-state index < -0.39 is 29.6 Å². The van der Waals surface area contributed by atoms with E-state index in [0.717, 1.165) is 16.7 Å². The van der Waals surface area contributed by atoms with Gasteiger partial charge in [0.05, 0.1) is 10.5 Å². The standard InChI is InChI=1S/C20H14N2O7S/c23-17(21-13-5-6-14-15(8-13)29-10-28-14)9-22-18(24)16(30-20(22)27)7-11-1-3-12(4-2-11)19(25)26/h1-8H,9-10H2,(H,21,23)(H,25,26). The lowest BCUT2D eigenvalue weighted by Gasteiger charge is -2.12. The minimum atomic E-state index is -1.06. The molecule has 4 rings (SSSR count). The average molecular weight is 426 g/mol. The van der Waals surface area contributed by atoms with Crippen molar-refractivity contribution in [3.05, 3.63) is 58.5 Å². The fraction of sp³-hybridized carbons (Fsp3) is 0.100. The molecule has 2 heterocycles. The van der Waals surface area contributed by atoms with Crippen molar-refractivity contribution in [3.63, 3.8) is 0 Å². The van der Waals surface area contributed by atoms with E-state index >= 15 is 0 Å². The van der Waals surface area contributed by atoms with Gasteiger partial charge in [-0.2, -0.15) is 0 Å². The number of rotatable bonds is 5. The van der Waals surface area contributed by atoms with Gasteiger partial charge in [-0.05, 0) is 47.7 Å². The maximum atomic E-state index is 12.5. The van der Waals surface area contributed by atoms with Crippen LogP contribution in [-0.2, 0) is 9.59 Å². The summed E-state index contributed by atoms with van der Waals surface area (Å²) in [5.41, 5.74) is 1.13. The normalized spacial score (nSPS) is 16.3. The quantitative estimate of drug-likeness (QED) is 0.700. The molecule has 0 spiro atoms. The number of carbonyl (C=O) groups is 4. The summed E-state index contributed by atoms with van der Waals surface area (Å²) in [5.74, 6) is -1.12. The maximum absolute atomic E-state index is 12.5. The number of hydrogen-bond donors (Lipinski definition) is 2. The summed E-state index contributed by atoms with van der Waals surface area (Å²) in [6.45, 7) is -0.330. The number of anilines is 1. The predicted molar refractivity (Wildman–Crippen MR) is 107 cm³/mol. The molecule has 2 N–H and O–H groups in total. The molecule has 1 saturated heterocycles. The number of imide groups is 1. The Labute approximate surface area is 174 Å². The zero-order valence-electron chi connectivity index (χ0n) is 15.3. The number of carboxylic acid groups (broad SMARTS) is 1. The minimum absolute atomic E-state index is 0.106. The van der Waals surface area contributed by atoms with Gasteiger partial charge >= 0.3 is 5.97 Å². The van der Waals surface area contributed by atoms with Gasteiger partial charge in [0.25, 0.3) is 11.1 Å². The SMILES string of the molecule is O=C(CN1C(=O)SC(=Cc2ccc(C(=O)O)cc2)C1=O)Nc1ccc2c(c1)OCO2. The third-order valence-corrected chi connectivity index (χ3v) is 5.19. The number of thioether (sulfide) groups is 1. The molecule has 0 unspecified atom stereocenters. The molecular formula is C20H14N2O7S. The summed E-state index contributed by atoms with van der Waals surface area (Å²) >= 11 is 0.717.